The third-order valence-electron chi connectivity index (χ3n) is 3.53. The second-order valence-corrected chi connectivity index (χ2v) is 4.86. The highest BCUT2D eigenvalue weighted by Crippen LogP contribution is 2.18. The summed E-state index contributed by atoms with van der Waals surface area (Å²) in [5, 5.41) is 18.0. The number of hydrogen-bond donors (Lipinski definition) is 1. The number of rotatable bonds is 3. The molecular weight excluding hydrogens is 242 g/mol. The molecule has 1 aliphatic heterocycles. The van der Waals surface area contributed by atoms with Crippen LogP contribution in [0.1, 0.15) is 23.6 Å². The van der Waals surface area contributed by atoms with Crippen LogP contribution in [0.4, 0.5) is 0 Å². The number of hydrogen-bond acceptors (Lipinski definition) is 4. The van der Waals surface area contributed by atoms with Gasteiger partial charge < -0.3 is 14.4 Å². The Bertz CT molecular complexity index is 563. The summed E-state index contributed by atoms with van der Waals surface area (Å²) in [4.78, 5) is 0. The molecule has 1 atom stereocenters. The third-order valence-corrected chi connectivity index (χ3v) is 3.53. The average molecular weight is 259 g/mol. The topological polar surface area (TPSA) is 60.2 Å². The molecule has 0 fully saturated rings. The first-order valence-corrected chi connectivity index (χ1v) is 6.48. The van der Waals surface area contributed by atoms with Crippen LogP contribution in [0.15, 0.2) is 24.3 Å². The molecular formula is C14H17N3O2. The molecule has 1 N–H and O–H groups in total. The Labute approximate surface area is 111 Å². The summed E-state index contributed by atoms with van der Waals surface area (Å²) in [6, 6.07) is 7.98. The highest BCUT2D eigenvalue weighted by Gasteiger charge is 2.21. The maximum atomic E-state index is 9.62. The number of fused-ring (bicyclic) bond motifs is 1. The molecule has 0 saturated carbocycles. The molecule has 0 radical (unpaired) electrons. The van der Waals surface area contributed by atoms with Crippen LogP contribution in [0.5, 0.6) is 5.75 Å². The number of nitrogens with zero attached hydrogens (tertiary/aromatic N) is 3. The van der Waals surface area contributed by atoms with Gasteiger partial charge in [0.15, 0.2) is 0 Å². The molecule has 5 heteroatoms. The lowest BCUT2D eigenvalue weighted by atomic mass is 10.1. The van der Waals surface area contributed by atoms with Crippen molar-refractivity contribution in [3.05, 3.63) is 41.5 Å². The Morgan fingerprint density at radius 2 is 2.11 bits per heavy atom. The van der Waals surface area contributed by atoms with Crippen molar-refractivity contribution in [1.82, 2.24) is 14.8 Å². The van der Waals surface area contributed by atoms with Gasteiger partial charge in [-0.05, 0) is 24.1 Å². The Kier molecular flexibility index (Phi) is 3.21. The first-order valence-electron chi connectivity index (χ1n) is 6.48. The molecule has 100 valence electrons. The lowest BCUT2D eigenvalue weighted by Crippen LogP contribution is -2.24. The highest BCUT2D eigenvalue weighted by molar-refractivity contribution is 5.29. The van der Waals surface area contributed by atoms with Crippen LogP contribution in [0.25, 0.3) is 0 Å². The standard InChI is InChI=1S/C14H17N3O2/c1-19-12-4-2-10(3-5-12)8-13-15-16-14-9-11(18)6-7-17(13)14/h2-5,11,18H,6-9H2,1H3. The third kappa shape index (κ3) is 2.46. The van der Waals surface area contributed by atoms with Crippen molar-refractivity contribution in [1.29, 1.82) is 0 Å². The number of aliphatic hydroxyl groups excluding tert-OH is 1. The Morgan fingerprint density at radius 1 is 1.32 bits per heavy atom. The number of methoxy groups -OCH3 is 1. The molecule has 0 spiro atoms. The van der Waals surface area contributed by atoms with E-state index in [4.69, 9.17) is 4.74 Å². The van der Waals surface area contributed by atoms with E-state index >= 15 is 0 Å². The fourth-order valence-electron chi connectivity index (χ4n) is 2.43. The molecule has 1 aromatic carbocycles. The first-order chi connectivity index (χ1) is 9.26. The van der Waals surface area contributed by atoms with Gasteiger partial charge in [0, 0.05) is 19.4 Å². The van der Waals surface area contributed by atoms with E-state index in [-0.39, 0.29) is 6.10 Å². The van der Waals surface area contributed by atoms with Crippen LogP contribution in [0.2, 0.25) is 0 Å². The van der Waals surface area contributed by atoms with Gasteiger partial charge in [0.25, 0.3) is 0 Å². The SMILES string of the molecule is COc1ccc(Cc2nnc3n2CCC(O)C3)cc1. The Hall–Kier alpha value is -1.88. The quantitative estimate of drug-likeness (QED) is 0.899. The van der Waals surface area contributed by atoms with Gasteiger partial charge in [-0.1, -0.05) is 12.1 Å². The van der Waals surface area contributed by atoms with Gasteiger partial charge in [0.2, 0.25) is 0 Å². The van der Waals surface area contributed by atoms with Crippen molar-refractivity contribution < 1.29 is 9.84 Å². The van der Waals surface area contributed by atoms with E-state index in [0.717, 1.165) is 36.8 Å². The first kappa shape index (κ1) is 12.2. The molecule has 19 heavy (non-hydrogen) atoms. The molecule has 1 aliphatic rings. The van der Waals surface area contributed by atoms with Crippen molar-refractivity contribution in [3.63, 3.8) is 0 Å². The van der Waals surface area contributed by atoms with E-state index in [1.165, 1.54) is 5.56 Å². The van der Waals surface area contributed by atoms with Crippen LogP contribution in [0.3, 0.4) is 0 Å². The summed E-state index contributed by atoms with van der Waals surface area (Å²) in [6.07, 6.45) is 1.87. The van der Waals surface area contributed by atoms with Gasteiger partial charge in [-0.25, -0.2) is 0 Å². The van der Waals surface area contributed by atoms with Gasteiger partial charge in [-0.15, -0.1) is 10.2 Å². The van der Waals surface area contributed by atoms with Crippen molar-refractivity contribution in [3.8, 4) is 5.75 Å². The predicted molar refractivity (Wildman–Crippen MR) is 70.1 cm³/mol. The summed E-state index contributed by atoms with van der Waals surface area (Å²) in [6.45, 7) is 0.801. The van der Waals surface area contributed by atoms with Crippen molar-refractivity contribution in [2.75, 3.05) is 7.11 Å². The van der Waals surface area contributed by atoms with Crippen LogP contribution in [0, 0.1) is 0 Å². The minimum atomic E-state index is -0.273. The van der Waals surface area contributed by atoms with Gasteiger partial charge >= 0.3 is 0 Å². The summed E-state index contributed by atoms with van der Waals surface area (Å²) in [5.74, 6) is 2.71. The maximum absolute atomic E-state index is 9.62. The summed E-state index contributed by atoms with van der Waals surface area (Å²) in [7, 11) is 1.66. The van der Waals surface area contributed by atoms with E-state index in [1.807, 2.05) is 24.3 Å². The molecule has 0 amide bonds. The lowest BCUT2D eigenvalue weighted by molar-refractivity contribution is 0.141. The predicted octanol–water partition coefficient (Wildman–Crippen LogP) is 1.18. The van der Waals surface area contributed by atoms with Crippen LogP contribution < -0.4 is 4.74 Å². The zero-order valence-corrected chi connectivity index (χ0v) is 10.9. The van der Waals surface area contributed by atoms with Crippen molar-refractivity contribution in [2.24, 2.45) is 0 Å². The largest absolute Gasteiger partial charge is 0.497 e. The zero-order chi connectivity index (χ0) is 13.2. The number of aliphatic hydroxyl groups is 1. The van der Waals surface area contributed by atoms with E-state index < -0.39 is 0 Å². The molecule has 2 aromatic rings. The molecule has 5 nitrogen and oxygen atoms in total. The van der Waals surface area contributed by atoms with E-state index in [0.29, 0.717) is 6.42 Å². The van der Waals surface area contributed by atoms with E-state index in [2.05, 4.69) is 14.8 Å². The minimum absolute atomic E-state index is 0.273. The van der Waals surface area contributed by atoms with Gasteiger partial charge in [0.05, 0.1) is 13.2 Å². The zero-order valence-electron chi connectivity index (χ0n) is 10.9. The van der Waals surface area contributed by atoms with Gasteiger partial charge in [-0.3, -0.25) is 0 Å². The smallest absolute Gasteiger partial charge is 0.137 e. The molecule has 1 aromatic heterocycles. The van der Waals surface area contributed by atoms with Crippen molar-refractivity contribution in [2.45, 2.75) is 31.9 Å². The minimum Gasteiger partial charge on any atom is -0.497 e. The lowest BCUT2D eigenvalue weighted by Gasteiger charge is -2.19. The average Bonchev–Trinajstić information content (AvgIpc) is 2.82. The molecule has 2 heterocycles. The molecule has 1 unspecified atom stereocenters. The molecule has 0 aliphatic carbocycles. The molecule has 0 saturated heterocycles. The maximum Gasteiger partial charge on any atom is 0.137 e. The molecule has 0 bridgehead atoms. The number of aromatic nitrogens is 3. The van der Waals surface area contributed by atoms with Crippen LogP contribution in [-0.4, -0.2) is 33.1 Å². The number of ether oxygens (including phenoxy) is 1. The summed E-state index contributed by atoms with van der Waals surface area (Å²) in [5.41, 5.74) is 1.18. The van der Waals surface area contributed by atoms with Gasteiger partial charge in [0.1, 0.15) is 17.4 Å². The van der Waals surface area contributed by atoms with E-state index in [9.17, 15) is 5.11 Å². The highest BCUT2D eigenvalue weighted by atomic mass is 16.5. The monoisotopic (exact) mass is 259 g/mol. The van der Waals surface area contributed by atoms with Crippen LogP contribution >= 0.6 is 0 Å². The second kappa shape index (κ2) is 5.01. The Balaban J connectivity index is 1.79. The number of benzene rings is 1. The fraction of sp³-hybridized carbons (Fsp3) is 0.429. The fourth-order valence-corrected chi connectivity index (χ4v) is 2.43. The van der Waals surface area contributed by atoms with Crippen LogP contribution in [-0.2, 0) is 19.4 Å². The van der Waals surface area contributed by atoms with E-state index in [1.54, 1.807) is 7.11 Å². The van der Waals surface area contributed by atoms with Crippen molar-refractivity contribution >= 4 is 0 Å². The molecule has 3 rings (SSSR count). The van der Waals surface area contributed by atoms with Gasteiger partial charge in [-0.2, -0.15) is 0 Å². The summed E-state index contributed by atoms with van der Waals surface area (Å²) < 4.78 is 7.27. The second-order valence-electron chi connectivity index (χ2n) is 4.86. The normalized spacial score (nSPS) is 18.1. The summed E-state index contributed by atoms with van der Waals surface area (Å²) >= 11 is 0. The Morgan fingerprint density at radius 3 is 2.84 bits per heavy atom.